The molecule has 12 heteroatoms. The standard InChI is InChI=1S/C9H15FN10O/c1-14-8(13)19-20-9(15-2)18-7(21)3-5(11)17-6(12)4(10)16-3/h1-2H3,(H4,11,12,17)(H3,13,14,19)(H2,15,18,20,21). The summed E-state index contributed by atoms with van der Waals surface area (Å²) in [5, 5.41) is 2.29. The lowest BCUT2D eigenvalue weighted by molar-refractivity contribution is 0.0970. The van der Waals surface area contributed by atoms with Crippen LogP contribution in [0.15, 0.2) is 9.98 Å². The van der Waals surface area contributed by atoms with Crippen molar-refractivity contribution >= 4 is 29.5 Å². The quantitative estimate of drug-likeness (QED) is 0.187. The molecule has 1 aromatic heterocycles. The van der Waals surface area contributed by atoms with Gasteiger partial charge in [0, 0.05) is 14.1 Å². The van der Waals surface area contributed by atoms with E-state index in [1.165, 1.54) is 14.1 Å². The van der Waals surface area contributed by atoms with Crippen molar-refractivity contribution in [2.45, 2.75) is 0 Å². The summed E-state index contributed by atoms with van der Waals surface area (Å²) in [6, 6.07) is 0. The highest BCUT2D eigenvalue weighted by molar-refractivity contribution is 6.07. The largest absolute Gasteiger partial charge is 0.382 e. The Morgan fingerprint density at radius 2 is 1.81 bits per heavy atom. The molecule has 0 aliphatic heterocycles. The molecule has 0 saturated carbocycles. The minimum absolute atomic E-state index is 0.0231. The number of nitrogens with one attached hydrogen (secondary N) is 3. The molecule has 1 rings (SSSR count). The first-order valence-corrected chi connectivity index (χ1v) is 5.50. The van der Waals surface area contributed by atoms with Gasteiger partial charge in [0.1, 0.15) is 0 Å². The number of hydrazine groups is 1. The van der Waals surface area contributed by atoms with Crippen molar-refractivity contribution in [1.82, 2.24) is 26.1 Å². The van der Waals surface area contributed by atoms with Gasteiger partial charge in [-0.1, -0.05) is 0 Å². The zero-order valence-electron chi connectivity index (χ0n) is 11.3. The molecule has 11 nitrogen and oxygen atoms in total. The third kappa shape index (κ3) is 4.15. The van der Waals surface area contributed by atoms with Crippen molar-refractivity contribution in [2.75, 3.05) is 25.6 Å². The number of carbonyl (C=O) groups excluding carboxylic acids is 1. The Morgan fingerprint density at radius 1 is 1.14 bits per heavy atom. The average Bonchev–Trinajstić information content (AvgIpc) is 2.46. The SMILES string of the molecule is CN=C(N)NNC(=NC)NC(=O)c1nc(F)c(N)nc1N. The van der Waals surface area contributed by atoms with Gasteiger partial charge in [0.25, 0.3) is 11.9 Å². The van der Waals surface area contributed by atoms with Crippen molar-refractivity contribution < 1.29 is 9.18 Å². The van der Waals surface area contributed by atoms with Crippen LogP contribution in [-0.2, 0) is 0 Å². The van der Waals surface area contributed by atoms with Gasteiger partial charge in [0.05, 0.1) is 0 Å². The summed E-state index contributed by atoms with van der Waals surface area (Å²) >= 11 is 0. The third-order valence-corrected chi connectivity index (χ3v) is 2.13. The summed E-state index contributed by atoms with van der Waals surface area (Å²) in [5.41, 5.74) is 20.5. The highest BCUT2D eigenvalue weighted by Crippen LogP contribution is 2.10. The molecule has 9 N–H and O–H groups in total. The van der Waals surface area contributed by atoms with Crippen LogP contribution in [0.1, 0.15) is 10.5 Å². The molecule has 0 fully saturated rings. The number of nitrogen functional groups attached to an aromatic ring is 2. The lowest BCUT2D eigenvalue weighted by Crippen LogP contribution is -2.52. The third-order valence-electron chi connectivity index (χ3n) is 2.13. The van der Waals surface area contributed by atoms with Crippen molar-refractivity contribution in [3.8, 4) is 0 Å². The molecule has 1 heterocycles. The van der Waals surface area contributed by atoms with Crippen LogP contribution in [0.2, 0.25) is 0 Å². The average molecular weight is 298 g/mol. The molecule has 0 atom stereocenters. The van der Waals surface area contributed by atoms with Crippen LogP contribution in [-0.4, -0.2) is 41.9 Å². The first-order chi connectivity index (χ1) is 9.88. The fourth-order valence-corrected chi connectivity index (χ4v) is 1.10. The molecular formula is C9H15FN10O. The molecular weight excluding hydrogens is 283 g/mol. The smallest absolute Gasteiger partial charge is 0.280 e. The van der Waals surface area contributed by atoms with E-state index in [0.717, 1.165) is 0 Å². The second kappa shape index (κ2) is 6.83. The first kappa shape index (κ1) is 15.9. The van der Waals surface area contributed by atoms with E-state index < -0.39 is 23.4 Å². The Morgan fingerprint density at radius 3 is 2.38 bits per heavy atom. The molecule has 0 saturated heterocycles. The maximum atomic E-state index is 13.2. The van der Waals surface area contributed by atoms with E-state index in [9.17, 15) is 9.18 Å². The van der Waals surface area contributed by atoms with Gasteiger partial charge in [-0.25, -0.2) is 9.97 Å². The molecule has 114 valence electrons. The lowest BCUT2D eigenvalue weighted by atomic mass is 10.4. The molecule has 1 amide bonds. The van der Waals surface area contributed by atoms with Crippen LogP contribution >= 0.6 is 0 Å². The Bertz CT molecular complexity index is 598. The van der Waals surface area contributed by atoms with Crippen LogP contribution in [0, 0.1) is 5.95 Å². The number of carbonyl (C=O) groups is 1. The first-order valence-electron chi connectivity index (χ1n) is 5.50. The van der Waals surface area contributed by atoms with Gasteiger partial charge < -0.3 is 17.2 Å². The number of nitrogens with zero attached hydrogens (tertiary/aromatic N) is 4. The Balaban J connectivity index is 2.82. The minimum Gasteiger partial charge on any atom is -0.382 e. The van der Waals surface area contributed by atoms with Gasteiger partial charge in [0.15, 0.2) is 17.3 Å². The Hall–Kier alpha value is -3.18. The minimum atomic E-state index is -1.10. The van der Waals surface area contributed by atoms with Crippen LogP contribution in [0.3, 0.4) is 0 Å². The summed E-state index contributed by atoms with van der Waals surface area (Å²) < 4.78 is 13.2. The molecule has 0 aliphatic carbocycles. The van der Waals surface area contributed by atoms with Crippen molar-refractivity contribution in [3.63, 3.8) is 0 Å². The Labute approximate surface area is 118 Å². The highest BCUT2D eigenvalue weighted by Gasteiger charge is 2.18. The van der Waals surface area contributed by atoms with E-state index in [-0.39, 0.29) is 17.7 Å². The van der Waals surface area contributed by atoms with Crippen LogP contribution in [0.5, 0.6) is 0 Å². The van der Waals surface area contributed by atoms with E-state index in [4.69, 9.17) is 17.2 Å². The number of nitrogens with two attached hydrogens (primary N) is 3. The predicted octanol–water partition coefficient (Wildman–Crippen LogP) is -2.47. The topological polar surface area (TPSA) is 182 Å². The number of halogens is 1. The molecule has 0 spiro atoms. The van der Waals surface area contributed by atoms with Gasteiger partial charge in [-0.05, 0) is 0 Å². The summed E-state index contributed by atoms with van der Waals surface area (Å²) in [6.45, 7) is 0. The number of hydrogen-bond donors (Lipinski definition) is 6. The highest BCUT2D eigenvalue weighted by atomic mass is 19.1. The molecule has 0 unspecified atom stereocenters. The fraction of sp³-hybridized carbons (Fsp3) is 0.222. The van der Waals surface area contributed by atoms with E-state index >= 15 is 0 Å². The second-order valence-electron chi connectivity index (χ2n) is 3.52. The zero-order valence-corrected chi connectivity index (χ0v) is 11.3. The number of aliphatic imine (C=N–C) groups is 2. The summed E-state index contributed by atoms with van der Waals surface area (Å²) in [6.07, 6.45) is 0. The van der Waals surface area contributed by atoms with Crippen molar-refractivity contribution in [2.24, 2.45) is 15.7 Å². The monoisotopic (exact) mass is 298 g/mol. The van der Waals surface area contributed by atoms with Gasteiger partial charge >= 0.3 is 0 Å². The van der Waals surface area contributed by atoms with Crippen LogP contribution < -0.4 is 33.4 Å². The molecule has 21 heavy (non-hydrogen) atoms. The number of aromatic nitrogens is 2. The maximum absolute atomic E-state index is 13.2. The van der Waals surface area contributed by atoms with E-state index in [0.29, 0.717) is 0 Å². The number of guanidine groups is 2. The van der Waals surface area contributed by atoms with E-state index in [2.05, 4.69) is 36.1 Å². The molecule has 1 aromatic rings. The number of anilines is 2. The van der Waals surface area contributed by atoms with E-state index in [1.807, 2.05) is 0 Å². The van der Waals surface area contributed by atoms with Crippen molar-refractivity contribution in [3.05, 3.63) is 11.6 Å². The number of rotatable bonds is 1. The molecule has 0 radical (unpaired) electrons. The van der Waals surface area contributed by atoms with Gasteiger partial charge in [-0.3, -0.25) is 30.9 Å². The van der Waals surface area contributed by atoms with E-state index in [1.54, 1.807) is 0 Å². The maximum Gasteiger partial charge on any atom is 0.280 e. The second-order valence-corrected chi connectivity index (χ2v) is 3.52. The molecule has 0 bridgehead atoms. The molecule has 0 aliphatic rings. The fourth-order valence-electron chi connectivity index (χ4n) is 1.10. The summed E-state index contributed by atoms with van der Waals surface area (Å²) in [7, 11) is 2.85. The van der Waals surface area contributed by atoms with Crippen LogP contribution in [0.25, 0.3) is 0 Å². The van der Waals surface area contributed by atoms with Crippen LogP contribution in [0.4, 0.5) is 16.0 Å². The number of amides is 1. The number of hydrogen-bond acceptors (Lipinski definition) is 7. The predicted molar refractivity (Wildman–Crippen MR) is 75.5 cm³/mol. The summed E-state index contributed by atoms with van der Waals surface area (Å²) in [4.78, 5) is 26.0. The van der Waals surface area contributed by atoms with Gasteiger partial charge in [-0.2, -0.15) is 4.39 Å². The lowest BCUT2D eigenvalue weighted by Gasteiger charge is -2.12. The van der Waals surface area contributed by atoms with Gasteiger partial charge in [0.2, 0.25) is 11.9 Å². The summed E-state index contributed by atoms with van der Waals surface area (Å²) in [5.74, 6) is -2.71. The molecule has 0 aromatic carbocycles. The normalized spacial score (nSPS) is 12.0. The Kier molecular flexibility index (Phi) is 5.17. The van der Waals surface area contributed by atoms with Gasteiger partial charge in [-0.15, -0.1) is 0 Å². The van der Waals surface area contributed by atoms with Crippen molar-refractivity contribution in [1.29, 1.82) is 0 Å². The zero-order chi connectivity index (χ0) is 16.0.